The molecule has 0 N–H and O–H groups in total. The molecule has 2 saturated heterocycles. The molecule has 2 fully saturated rings. The molecule has 0 bridgehead atoms. The van der Waals surface area contributed by atoms with E-state index in [0.717, 1.165) is 12.2 Å². The Bertz CT molecular complexity index is 979. The van der Waals surface area contributed by atoms with Gasteiger partial charge in [-0.05, 0) is 56.7 Å². The van der Waals surface area contributed by atoms with Gasteiger partial charge in [0.25, 0.3) is 0 Å². The molecule has 3 atom stereocenters. The molecule has 0 spiro atoms. The lowest BCUT2D eigenvalue weighted by molar-refractivity contribution is -0.929. The van der Waals surface area contributed by atoms with E-state index in [0.29, 0.717) is 17.3 Å². The van der Waals surface area contributed by atoms with Gasteiger partial charge in [0.15, 0.2) is 8.32 Å². The number of thioether (sulfide) groups is 3. The van der Waals surface area contributed by atoms with Gasteiger partial charge >= 0.3 is 0 Å². The van der Waals surface area contributed by atoms with E-state index in [4.69, 9.17) is 4.43 Å². The molecule has 0 unspecified atom stereocenters. The van der Waals surface area contributed by atoms with Crippen molar-refractivity contribution in [3.8, 4) is 0 Å². The molecule has 11 heteroatoms. The van der Waals surface area contributed by atoms with E-state index >= 15 is 0 Å². The summed E-state index contributed by atoms with van der Waals surface area (Å²) in [5.74, 6) is -1.02. The van der Waals surface area contributed by atoms with E-state index in [2.05, 4.69) is 61.6 Å². The number of carboxylic acids is 1. The fourth-order valence-electron chi connectivity index (χ4n) is 5.71. The molecular formula is C34H62N2O5S3Si. The first kappa shape index (κ1) is 40.7. The molecule has 3 aliphatic heterocycles. The number of carbonyl (C=O) groups excluding carboxylic acids is 3. The van der Waals surface area contributed by atoms with Crippen molar-refractivity contribution in [2.75, 3.05) is 38.5 Å². The van der Waals surface area contributed by atoms with Crippen LogP contribution in [-0.2, 0) is 18.8 Å². The molecule has 3 rings (SSSR count). The summed E-state index contributed by atoms with van der Waals surface area (Å²) < 4.78 is 8.14. The number of amides is 1. The van der Waals surface area contributed by atoms with E-state index in [1.807, 2.05) is 0 Å². The van der Waals surface area contributed by atoms with Crippen LogP contribution in [0.25, 0.3) is 0 Å². The van der Waals surface area contributed by atoms with Gasteiger partial charge in [-0.2, -0.15) is 0 Å². The van der Waals surface area contributed by atoms with Crippen molar-refractivity contribution in [1.29, 1.82) is 0 Å². The highest BCUT2D eigenvalue weighted by Gasteiger charge is 2.55. The molecule has 45 heavy (non-hydrogen) atoms. The zero-order chi connectivity index (χ0) is 33.8. The maximum atomic E-state index is 12.6. The van der Waals surface area contributed by atoms with E-state index < -0.39 is 14.3 Å². The van der Waals surface area contributed by atoms with E-state index in [9.17, 15) is 19.5 Å². The van der Waals surface area contributed by atoms with Crippen molar-refractivity contribution in [3.63, 3.8) is 0 Å². The second kappa shape index (κ2) is 18.9. The van der Waals surface area contributed by atoms with Crippen LogP contribution in [0.4, 0.5) is 0 Å². The number of hydrogen-bond donors (Lipinski definition) is 0. The maximum Gasteiger partial charge on any atom is 0.234 e. The Morgan fingerprint density at radius 3 is 1.89 bits per heavy atom. The van der Waals surface area contributed by atoms with Crippen LogP contribution < -0.4 is 5.11 Å². The number of β-lactam (4-membered cyclic amide) rings is 1. The van der Waals surface area contributed by atoms with Gasteiger partial charge in [-0.15, -0.1) is 11.8 Å². The zero-order valence-corrected chi connectivity index (χ0v) is 33.2. The number of hydrogen-bond acceptors (Lipinski definition) is 8. The first-order chi connectivity index (χ1) is 21.2. The number of quaternary nitrogens is 1. The van der Waals surface area contributed by atoms with Crippen molar-refractivity contribution in [2.24, 2.45) is 5.92 Å². The van der Waals surface area contributed by atoms with Gasteiger partial charge in [-0.1, -0.05) is 97.7 Å². The molecule has 0 aliphatic carbocycles. The Morgan fingerprint density at radius 1 is 0.978 bits per heavy atom. The highest BCUT2D eigenvalue weighted by Crippen LogP contribution is 2.55. The maximum absolute atomic E-state index is 12.6. The summed E-state index contributed by atoms with van der Waals surface area (Å²) in [6.45, 7) is 26.4. The first-order valence-electron chi connectivity index (χ1n) is 17.5. The average molecular weight is 703 g/mol. The summed E-state index contributed by atoms with van der Waals surface area (Å²) in [6, 6.07) is 0. The lowest BCUT2D eigenvalue weighted by atomic mass is 9.94. The molecule has 3 aliphatic rings. The van der Waals surface area contributed by atoms with Gasteiger partial charge in [-0.25, -0.2) is 0 Å². The van der Waals surface area contributed by atoms with Gasteiger partial charge in [0, 0.05) is 12.4 Å². The number of rotatable bonds is 19. The van der Waals surface area contributed by atoms with E-state index in [1.54, 1.807) is 0 Å². The van der Waals surface area contributed by atoms with Gasteiger partial charge in [0.05, 0.1) is 58.6 Å². The second-order valence-corrected chi connectivity index (χ2v) is 22.9. The number of carboxylic acid groups (broad SMARTS) is 1. The Kier molecular flexibility index (Phi) is 17.1. The lowest BCUT2D eigenvalue weighted by Gasteiger charge is -2.44. The monoisotopic (exact) mass is 702 g/mol. The minimum absolute atomic E-state index is 0.0590. The molecule has 260 valence electrons. The van der Waals surface area contributed by atoms with Crippen LogP contribution in [0.1, 0.15) is 113 Å². The van der Waals surface area contributed by atoms with Gasteiger partial charge in [0.1, 0.15) is 0 Å². The normalized spacial score (nSPS) is 22.0. The summed E-state index contributed by atoms with van der Waals surface area (Å²) in [6.07, 6.45) is 12.4. The van der Waals surface area contributed by atoms with E-state index in [1.165, 1.54) is 122 Å². The highest BCUT2D eigenvalue weighted by atomic mass is 32.2. The largest absolute Gasteiger partial charge is 0.543 e. The third-order valence-corrected chi connectivity index (χ3v) is 18.4. The topological polar surface area (TPSA) is 86.7 Å². The van der Waals surface area contributed by atoms with Crippen molar-refractivity contribution in [3.05, 3.63) is 9.93 Å². The van der Waals surface area contributed by atoms with Crippen molar-refractivity contribution < 1.29 is 28.4 Å². The minimum atomic E-state index is -1.88. The molecular weight excluding hydrogens is 641 g/mol. The Morgan fingerprint density at radius 2 is 1.49 bits per heavy atom. The molecule has 0 aromatic carbocycles. The molecule has 0 radical (unpaired) electrons. The quantitative estimate of drug-likeness (QED) is 0.0773. The molecule has 0 aromatic heterocycles. The SMILES string of the molecule is CC(C)(C)[Si](C)(C)OCC[C@H]1C(=O)N2C(C(=O)[O-])=C(S[C@H]3CCSC3=O)S[C@H]12.CCCC[N+](CCCC)(CCCC)CCCC. The number of aliphatic carboxylic acids is 1. The van der Waals surface area contributed by atoms with Crippen molar-refractivity contribution in [1.82, 2.24) is 4.90 Å². The van der Waals surface area contributed by atoms with Crippen LogP contribution in [0.3, 0.4) is 0 Å². The average Bonchev–Trinajstić information content (AvgIpc) is 3.55. The summed E-state index contributed by atoms with van der Waals surface area (Å²) in [5, 5.41) is 11.4. The molecule has 3 heterocycles. The second-order valence-electron chi connectivity index (χ2n) is 14.4. The number of nitrogens with zero attached hydrogens (tertiary/aromatic N) is 2. The van der Waals surface area contributed by atoms with Crippen molar-refractivity contribution in [2.45, 2.75) is 141 Å². The van der Waals surface area contributed by atoms with Crippen molar-refractivity contribution >= 4 is 60.6 Å². The molecule has 0 aromatic rings. The van der Waals surface area contributed by atoms with Gasteiger partial charge < -0.3 is 18.8 Å². The number of carbonyl (C=O) groups is 3. The fraction of sp³-hybridized carbons (Fsp3) is 0.853. The van der Waals surface area contributed by atoms with Crippen LogP contribution in [0.15, 0.2) is 9.93 Å². The Balaban J connectivity index is 0.000000358. The number of unbranched alkanes of at least 4 members (excludes halogenated alkanes) is 4. The summed E-state index contributed by atoms with van der Waals surface area (Å²) >= 11 is 3.94. The zero-order valence-electron chi connectivity index (χ0n) is 29.7. The number of fused-ring (bicyclic) bond motifs is 1. The predicted octanol–water partition coefficient (Wildman–Crippen LogP) is 7.62. The van der Waals surface area contributed by atoms with Crippen LogP contribution in [-0.4, -0.2) is 83.9 Å². The molecule has 7 nitrogen and oxygen atoms in total. The molecule has 1 amide bonds. The summed E-state index contributed by atoms with van der Waals surface area (Å²) in [4.78, 5) is 37.5. The molecule has 0 saturated carbocycles. The first-order valence-corrected chi connectivity index (χ1v) is 23.1. The van der Waals surface area contributed by atoms with Crippen LogP contribution in [0, 0.1) is 5.92 Å². The Hall–Kier alpha value is -0.463. The smallest absolute Gasteiger partial charge is 0.234 e. The summed E-state index contributed by atoms with van der Waals surface area (Å²) in [7, 11) is -1.88. The third kappa shape index (κ3) is 11.3. The predicted molar refractivity (Wildman–Crippen MR) is 194 cm³/mol. The van der Waals surface area contributed by atoms with Crippen LogP contribution in [0.5, 0.6) is 0 Å². The standard InChI is InChI=1S/C18H27NO5S3Si.C16H36N/c1-18(2,3)28(4,5)24-8-6-10-13(20)19-12(15(21)22)17(27-14(10)19)26-11-7-9-25-16(11)23;1-5-9-13-17(14-10-6-2,15-11-7-3)16-12-8-4/h10-11,14H,6-9H2,1-5H3,(H,21,22);5-16H2,1-4H3/q;+1/p-1/t10-,11-,14+;/m0./s1. The van der Waals surface area contributed by atoms with Crippen LogP contribution in [0.2, 0.25) is 18.1 Å². The summed E-state index contributed by atoms with van der Waals surface area (Å²) in [5.41, 5.74) is -0.0590. The lowest BCUT2D eigenvalue weighted by Crippen LogP contribution is -2.58. The van der Waals surface area contributed by atoms with Gasteiger partial charge in [0.2, 0.25) is 11.0 Å². The highest BCUT2D eigenvalue weighted by molar-refractivity contribution is 8.25. The Labute approximate surface area is 288 Å². The van der Waals surface area contributed by atoms with Gasteiger partial charge in [-0.3, -0.25) is 14.5 Å². The van der Waals surface area contributed by atoms with Crippen LogP contribution >= 0.6 is 35.3 Å². The fourth-order valence-corrected chi connectivity index (χ4v) is 11.1. The minimum Gasteiger partial charge on any atom is -0.543 e. The van der Waals surface area contributed by atoms with E-state index in [-0.39, 0.29) is 38.3 Å². The third-order valence-electron chi connectivity index (χ3n) is 9.79.